The fourth-order valence-electron chi connectivity index (χ4n) is 4.12. The first-order valence-electron chi connectivity index (χ1n) is 10.7. The summed E-state index contributed by atoms with van der Waals surface area (Å²) in [6, 6.07) is 16.7. The van der Waals surface area contributed by atoms with Crippen LogP contribution in [0.5, 0.6) is 11.5 Å². The maximum atomic E-state index is 12.9. The molecule has 0 saturated carbocycles. The van der Waals surface area contributed by atoms with Crippen molar-refractivity contribution in [1.29, 1.82) is 0 Å². The number of fused-ring (bicyclic) bond motifs is 1. The van der Waals surface area contributed by atoms with Gasteiger partial charge in [-0.3, -0.25) is 9.59 Å². The van der Waals surface area contributed by atoms with Crippen molar-refractivity contribution in [2.45, 2.75) is 19.4 Å². The molecule has 0 aliphatic carbocycles. The summed E-state index contributed by atoms with van der Waals surface area (Å²) in [4.78, 5) is 27.6. The Morgan fingerprint density at radius 2 is 1.94 bits per heavy atom. The number of nitrogens with zero attached hydrogens (tertiary/aromatic N) is 3. The Balaban J connectivity index is 1.25. The molecule has 2 aliphatic rings. The van der Waals surface area contributed by atoms with Crippen LogP contribution in [0.2, 0.25) is 0 Å². The van der Waals surface area contributed by atoms with Gasteiger partial charge in [-0.1, -0.05) is 30.3 Å². The summed E-state index contributed by atoms with van der Waals surface area (Å²) in [6.45, 7) is 1.96. The van der Waals surface area contributed by atoms with Crippen LogP contribution in [0.1, 0.15) is 18.4 Å². The number of hydrogen-bond acceptors (Lipinski definition) is 6. The maximum Gasteiger partial charge on any atom is 0.269 e. The number of aromatic nitrogens is 2. The molecule has 8 heteroatoms. The van der Waals surface area contributed by atoms with E-state index in [-0.39, 0.29) is 24.2 Å². The lowest BCUT2D eigenvalue weighted by atomic mass is 9.96. The molecular weight excluding hydrogens is 408 g/mol. The Labute approximate surface area is 185 Å². The summed E-state index contributed by atoms with van der Waals surface area (Å²) in [6.07, 6.45) is 3.38. The van der Waals surface area contributed by atoms with E-state index >= 15 is 0 Å². The Bertz CT molecular complexity index is 1180. The van der Waals surface area contributed by atoms with Crippen LogP contribution in [0.15, 0.2) is 65.6 Å². The van der Waals surface area contributed by atoms with Crippen molar-refractivity contribution in [1.82, 2.24) is 9.78 Å². The second kappa shape index (κ2) is 8.74. The predicted molar refractivity (Wildman–Crippen MR) is 120 cm³/mol. The number of carbonyl (C=O) groups is 1. The largest absolute Gasteiger partial charge is 0.454 e. The maximum absolute atomic E-state index is 12.9. The third-order valence-electron chi connectivity index (χ3n) is 5.83. The van der Waals surface area contributed by atoms with Gasteiger partial charge in [0.2, 0.25) is 12.7 Å². The van der Waals surface area contributed by atoms with Crippen molar-refractivity contribution < 1.29 is 14.3 Å². The summed E-state index contributed by atoms with van der Waals surface area (Å²) >= 11 is 0. The van der Waals surface area contributed by atoms with E-state index in [1.807, 2.05) is 36.4 Å². The Hall–Kier alpha value is -3.81. The minimum atomic E-state index is -0.180. The Morgan fingerprint density at radius 1 is 1.09 bits per heavy atom. The van der Waals surface area contributed by atoms with Gasteiger partial charge in [-0.2, -0.15) is 5.10 Å². The molecule has 2 aliphatic heterocycles. The molecule has 8 nitrogen and oxygen atoms in total. The average molecular weight is 432 g/mol. The molecule has 0 spiro atoms. The first kappa shape index (κ1) is 20.1. The van der Waals surface area contributed by atoms with Crippen LogP contribution < -0.4 is 25.2 Å². The van der Waals surface area contributed by atoms with Gasteiger partial charge in [-0.15, -0.1) is 0 Å². The van der Waals surface area contributed by atoms with E-state index in [1.165, 1.54) is 4.68 Å². The van der Waals surface area contributed by atoms with Gasteiger partial charge in [0.1, 0.15) is 0 Å². The van der Waals surface area contributed by atoms with Gasteiger partial charge in [-0.05, 0) is 30.5 Å². The number of piperidine rings is 1. The van der Waals surface area contributed by atoms with E-state index in [1.54, 1.807) is 24.4 Å². The van der Waals surface area contributed by atoms with Crippen LogP contribution in [0.25, 0.3) is 0 Å². The van der Waals surface area contributed by atoms with Crippen molar-refractivity contribution in [2.24, 2.45) is 5.92 Å². The summed E-state index contributed by atoms with van der Waals surface area (Å²) in [5.74, 6) is 1.09. The molecule has 0 radical (unpaired) electrons. The minimum absolute atomic E-state index is 0.0426. The lowest BCUT2D eigenvalue weighted by Gasteiger charge is -2.33. The topological polar surface area (TPSA) is 85.7 Å². The van der Waals surface area contributed by atoms with Crippen LogP contribution in [-0.2, 0) is 11.3 Å². The van der Waals surface area contributed by atoms with E-state index in [4.69, 9.17) is 9.47 Å². The standard InChI is InChI=1S/C24H24N4O4/c29-23-12-20(13-25-28(23)14-17-5-2-1-3-6-17)27-10-4-7-18(15-27)24(30)26-19-8-9-21-22(11-19)32-16-31-21/h1-3,5-6,8-9,11-13,18H,4,7,10,14-16H2,(H,26,30). The highest BCUT2D eigenvalue weighted by Crippen LogP contribution is 2.34. The molecule has 1 unspecified atom stereocenters. The number of carbonyl (C=O) groups excluding carboxylic acids is 1. The zero-order valence-corrected chi connectivity index (χ0v) is 17.6. The Morgan fingerprint density at radius 3 is 2.78 bits per heavy atom. The summed E-state index contributed by atoms with van der Waals surface area (Å²) in [5, 5.41) is 7.33. The van der Waals surface area contributed by atoms with Crippen LogP contribution in [-0.4, -0.2) is 35.6 Å². The number of rotatable bonds is 5. The number of amides is 1. The molecular formula is C24H24N4O4. The summed E-state index contributed by atoms with van der Waals surface area (Å²) in [5.41, 5.74) is 2.30. The zero-order chi connectivity index (χ0) is 21.9. The van der Waals surface area contributed by atoms with E-state index < -0.39 is 0 Å². The smallest absolute Gasteiger partial charge is 0.269 e. The molecule has 32 heavy (non-hydrogen) atoms. The second-order valence-corrected chi connectivity index (χ2v) is 8.04. The van der Waals surface area contributed by atoms with Crippen molar-refractivity contribution in [2.75, 3.05) is 30.1 Å². The van der Waals surface area contributed by atoms with Crippen LogP contribution in [0.3, 0.4) is 0 Å². The molecule has 2 aromatic carbocycles. The molecule has 3 aromatic rings. The first-order chi connectivity index (χ1) is 15.7. The lowest BCUT2D eigenvalue weighted by Crippen LogP contribution is -2.41. The highest BCUT2D eigenvalue weighted by molar-refractivity contribution is 5.93. The number of nitrogens with one attached hydrogen (secondary N) is 1. The third kappa shape index (κ3) is 4.30. The van der Waals surface area contributed by atoms with Crippen molar-refractivity contribution >= 4 is 17.3 Å². The third-order valence-corrected chi connectivity index (χ3v) is 5.83. The number of hydrogen-bond donors (Lipinski definition) is 1. The van der Waals surface area contributed by atoms with Gasteiger partial charge in [0.05, 0.1) is 24.3 Å². The highest BCUT2D eigenvalue weighted by atomic mass is 16.7. The van der Waals surface area contributed by atoms with Crippen LogP contribution >= 0.6 is 0 Å². The van der Waals surface area contributed by atoms with E-state index in [0.717, 1.165) is 30.6 Å². The average Bonchev–Trinajstić information content (AvgIpc) is 3.29. The van der Waals surface area contributed by atoms with Gasteiger partial charge in [0.25, 0.3) is 5.56 Å². The minimum Gasteiger partial charge on any atom is -0.454 e. The van der Waals surface area contributed by atoms with E-state index in [9.17, 15) is 9.59 Å². The summed E-state index contributed by atoms with van der Waals surface area (Å²) in [7, 11) is 0. The van der Waals surface area contributed by atoms with Gasteiger partial charge in [0.15, 0.2) is 11.5 Å². The number of benzene rings is 2. The zero-order valence-electron chi connectivity index (χ0n) is 17.6. The molecule has 1 aromatic heterocycles. The monoisotopic (exact) mass is 432 g/mol. The lowest BCUT2D eigenvalue weighted by molar-refractivity contribution is -0.120. The van der Waals surface area contributed by atoms with Gasteiger partial charge in [-0.25, -0.2) is 4.68 Å². The fourth-order valence-corrected chi connectivity index (χ4v) is 4.12. The predicted octanol–water partition coefficient (Wildman–Crippen LogP) is 2.88. The van der Waals surface area contributed by atoms with Gasteiger partial charge in [0, 0.05) is 30.9 Å². The molecule has 1 saturated heterocycles. The molecule has 1 amide bonds. The fraction of sp³-hybridized carbons (Fsp3) is 0.292. The summed E-state index contributed by atoms with van der Waals surface area (Å²) < 4.78 is 12.1. The van der Waals surface area contributed by atoms with E-state index in [0.29, 0.717) is 30.3 Å². The second-order valence-electron chi connectivity index (χ2n) is 8.04. The molecule has 1 fully saturated rings. The van der Waals surface area contributed by atoms with Crippen molar-refractivity contribution in [3.8, 4) is 11.5 Å². The molecule has 5 rings (SSSR count). The molecule has 1 atom stereocenters. The molecule has 164 valence electrons. The number of anilines is 2. The normalized spacial score (nSPS) is 17.2. The first-order valence-corrected chi connectivity index (χ1v) is 10.7. The highest BCUT2D eigenvalue weighted by Gasteiger charge is 2.27. The van der Waals surface area contributed by atoms with Crippen LogP contribution in [0.4, 0.5) is 11.4 Å². The van der Waals surface area contributed by atoms with Gasteiger partial charge < -0.3 is 19.7 Å². The van der Waals surface area contributed by atoms with Gasteiger partial charge >= 0.3 is 0 Å². The molecule has 0 bridgehead atoms. The molecule has 3 heterocycles. The van der Waals surface area contributed by atoms with Crippen LogP contribution in [0, 0.1) is 5.92 Å². The Kier molecular flexibility index (Phi) is 5.49. The SMILES string of the molecule is O=C(Nc1ccc2c(c1)OCO2)C1CCCN(c2cnn(Cc3ccccc3)c(=O)c2)C1. The van der Waals surface area contributed by atoms with Crippen molar-refractivity contribution in [3.63, 3.8) is 0 Å². The number of ether oxygens (including phenoxy) is 2. The molecule has 1 N–H and O–H groups in total. The quantitative estimate of drug-likeness (QED) is 0.667. The van der Waals surface area contributed by atoms with E-state index in [2.05, 4.69) is 15.3 Å². The van der Waals surface area contributed by atoms with Crippen molar-refractivity contribution in [3.05, 3.63) is 76.7 Å².